The molecule has 0 unspecified atom stereocenters. The number of anilines is 1. The number of Topliss-reactive ketones (excluding diaryl/α,β-unsaturated/α-hetero) is 1. The number of aromatic nitrogens is 1. The van der Waals surface area contributed by atoms with Gasteiger partial charge in [0.05, 0.1) is 12.1 Å². The van der Waals surface area contributed by atoms with Gasteiger partial charge in [0.15, 0.2) is 5.78 Å². The number of halogens is 3. The van der Waals surface area contributed by atoms with E-state index in [1.165, 1.54) is 23.5 Å². The predicted molar refractivity (Wildman–Crippen MR) is 106 cm³/mol. The molecule has 3 aromatic rings. The molecule has 0 aliphatic rings. The SMILES string of the molecule is CCCC(=O)c1ccc(NCc2cnc(-c3ccc(C(F)(F)F)cc3)s2)cc1. The second-order valence-electron chi connectivity index (χ2n) is 6.31. The molecule has 0 aliphatic heterocycles. The summed E-state index contributed by atoms with van der Waals surface area (Å²) in [5, 5.41) is 3.94. The van der Waals surface area contributed by atoms with E-state index in [1.54, 1.807) is 18.3 Å². The summed E-state index contributed by atoms with van der Waals surface area (Å²) in [7, 11) is 0. The maximum Gasteiger partial charge on any atom is 0.416 e. The van der Waals surface area contributed by atoms with Crippen LogP contribution in [0.15, 0.2) is 54.7 Å². The highest BCUT2D eigenvalue weighted by Gasteiger charge is 2.30. The molecule has 1 aromatic heterocycles. The van der Waals surface area contributed by atoms with E-state index in [1.807, 2.05) is 19.1 Å². The van der Waals surface area contributed by atoms with Gasteiger partial charge in [-0.05, 0) is 42.8 Å². The number of alkyl halides is 3. The van der Waals surface area contributed by atoms with Gasteiger partial charge in [-0.3, -0.25) is 4.79 Å². The summed E-state index contributed by atoms with van der Waals surface area (Å²) < 4.78 is 38.0. The van der Waals surface area contributed by atoms with Gasteiger partial charge < -0.3 is 5.32 Å². The Morgan fingerprint density at radius 3 is 2.36 bits per heavy atom. The fourth-order valence-electron chi connectivity index (χ4n) is 2.66. The molecule has 0 saturated heterocycles. The Labute approximate surface area is 165 Å². The first kappa shape index (κ1) is 20.1. The Morgan fingerprint density at radius 1 is 1.07 bits per heavy atom. The van der Waals surface area contributed by atoms with Crippen molar-refractivity contribution in [1.82, 2.24) is 4.98 Å². The number of carbonyl (C=O) groups excluding carboxylic acids is 1. The molecule has 7 heteroatoms. The van der Waals surface area contributed by atoms with Gasteiger partial charge in [0, 0.05) is 34.3 Å². The molecule has 0 saturated carbocycles. The van der Waals surface area contributed by atoms with Gasteiger partial charge in [-0.25, -0.2) is 4.98 Å². The van der Waals surface area contributed by atoms with Crippen molar-refractivity contribution in [3.8, 4) is 10.6 Å². The third kappa shape index (κ3) is 4.98. The number of carbonyl (C=O) groups is 1. The van der Waals surface area contributed by atoms with Gasteiger partial charge in [-0.15, -0.1) is 11.3 Å². The molecule has 0 spiro atoms. The zero-order valence-corrected chi connectivity index (χ0v) is 16.0. The molecule has 1 N–H and O–H groups in total. The van der Waals surface area contributed by atoms with Crippen LogP contribution < -0.4 is 5.32 Å². The summed E-state index contributed by atoms with van der Waals surface area (Å²) >= 11 is 1.42. The predicted octanol–water partition coefficient (Wildman–Crippen LogP) is 6.42. The molecule has 3 nitrogen and oxygen atoms in total. The van der Waals surface area contributed by atoms with Crippen molar-refractivity contribution in [2.24, 2.45) is 0 Å². The summed E-state index contributed by atoms with van der Waals surface area (Å²) in [6, 6.07) is 12.3. The number of thiazole rings is 1. The molecule has 0 radical (unpaired) electrons. The molecule has 0 amide bonds. The number of nitrogens with zero attached hydrogens (tertiary/aromatic N) is 1. The average molecular weight is 404 g/mol. The number of rotatable bonds is 7. The Bertz CT molecular complexity index is 932. The van der Waals surface area contributed by atoms with Crippen molar-refractivity contribution < 1.29 is 18.0 Å². The van der Waals surface area contributed by atoms with E-state index >= 15 is 0 Å². The summed E-state index contributed by atoms with van der Waals surface area (Å²) in [5.74, 6) is 0.137. The molecule has 0 bridgehead atoms. The van der Waals surface area contributed by atoms with E-state index in [0.29, 0.717) is 29.1 Å². The van der Waals surface area contributed by atoms with Crippen molar-refractivity contribution in [2.45, 2.75) is 32.5 Å². The van der Waals surface area contributed by atoms with Gasteiger partial charge in [0.25, 0.3) is 0 Å². The fourth-order valence-corrected chi connectivity index (χ4v) is 3.52. The van der Waals surface area contributed by atoms with Gasteiger partial charge in [-0.2, -0.15) is 13.2 Å². The topological polar surface area (TPSA) is 42.0 Å². The molecular formula is C21H19F3N2OS. The van der Waals surface area contributed by atoms with E-state index in [2.05, 4.69) is 10.3 Å². The Balaban J connectivity index is 1.61. The minimum Gasteiger partial charge on any atom is -0.380 e. The lowest BCUT2D eigenvalue weighted by Gasteiger charge is -2.06. The molecule has 0 aliphatic carbocycles. The molecule has 0 atom stereocenters. The van der Waals surface area contributed by atoms with Gasteiger partial charge >= 0.3 is 6.18 Å². The number of nitrogens with one attached hydrogen (secondary N) is 1. The average Bonchev–Trinajstić information content (AvgIpc) is 3.15. The first-order valence-corrected chi connectivity index (χ1v) is 9.68. The first-order chi connectivity index (χ1) is 13.4. The standard InChI is InChI=1S/C21H19F3N2OS/c1-2-3-19(27)14-6-10-17(11-7-14)25-12-18-13-26-20(28-18)15-4-8-16(9-5-15)21(22,23)24/h4-11,13,25H,2-3,12H2,1H3. The van der Waals surface area contributed by atoms with Crippen molar-refractivity contribution >= 4 is 22.8 Å². The third-order valence-corrected chi connectivity index (χ3v) is 5.21. The van der Waals surface area contributed by atoms with E-state index in [9.17, 15) is 18.0 Å². The highest BCUT2D eigenvalue weighted by molar-refractivity contribution is 7.15. The largest absolute Gasteiger partial charge is 0.416 e. The number of hydrogen-bond acceptors (Lipinski definition) is 4. The van der Waals surface area contributed by atoms with Crippen molar-refractivity contribution in [2.75, 3.05) is 5.32 Å². The number of benzene rings is 2. The quantitative estimate of drug-likeness (QED) is 0.462. The Kier molecular flexibility index (Phi) is 6.14. The molecular weight excluding hydrogens is 385 g/mol. The van der Waals surface area contributed by atoms with Crippen LogP contribution in [0.1, 0.15) is 40.6 Å². The molecule has 28 heavy (non-hydrogen) atoms. The number of ketones is 1. The third-order valence-electron chi connectivity index (χ3n) is 4.16. The minimum absolute atomic E-state index is 0.137. The minimum atomic E-state index is -4.34. The van der Waals surface area contributed by atoms with Crippen LogP contribution in [0, 0.1) is 0 Å². The Hall–Kier alpha value is -2.67. The van der Waals surface area contributed by atoms with Crippen LogP contribution in [0.3, 0.4) is 0 Å². The molecule has 1 heterocycles. The van der Waals surface area contributed by atoms with Gasteiger partial charge in [0.2, 0.25) is 0 Å². The molecule has 2 aromatic carbocycles. The van der Waals surface area contributed by atoms with Crippen LogP contribution >= 0.6 is 11.3 Å². The second-order valence-corrected chi connectivity index (χ2v) is 7.43. The molecule has 0 fully saturated rings. The zero-order valence-electron chi connectivity index (χ0n) is 15.2. The summed E-state index contributed by atoms with van der Waals surface area (Å²) in [6.07, 6.45) is -1.26. The van der Waals surface area contributed by atoms with E-state index in [4.69, 9.17) is 0 Å². The maximum atomic E-state index is 12.7. The molecule has 3 rings (SSSR count). The highest BCUT2D eigenvalue weighted by Crippen LogP contribution is 2.32. The summed E-state index contributed by atoms with van der Waals surface area (Å²) in [6.45, 7) is 2.52. The van der Waals surface area contributed by atoms with Crippen molar-refractivity contribution in [1.29, 1.82) is 0 Å². The first-order valence-electron chi connectivity index (χ1n) is 8.86. The van der Waals surface area contributed by atoms with Crippen LogP contribution in [0.4, 0.5) is 18.9 Å². The van der Waals surface area contributed by atoms with Crippen LogP contribution in [-0.2, 0) is 12.7 Å². The van der Waals surface area contributed by atoms with E-state index < -0.39 is 11.7 Å². The van der Waals surface area contributed by atoms with Crippen LogP contribution in [-0.4, -0.2) is 10.8 Å². The zero-order chi connectivity index (χ0) is 20.1. The van der Waals surface area contributed by atoms with Crippen molar-refractivity contribution in [3.63, 3.8) is 0 Å². The molecule has 146 valence electrons. The summed E-state index contributed by atoms with van der Waals surface area (Å²) in [4.78, 5) is 17.1. The van der Waals surface area contributed by atoms with Crippen LogP contribution in [0.2, 0.25) is 0 Å². The van der Waals surface area contributed by atoms with E-state index in [0.717, 1.165) is 29.1 Å². The van der Waals surface area contributed by atoms with Crippen molar-refractivity contribution in [3.05, 3.63) is 70.7 Å². The summed E-state index contributed by atoms with van der Waals surface area (Å²) in [5.41, 5.74) is 1.57. The normalized spacial score (nSPS) is 11.4. The van der Waals surface area contributed by atoms with E-state index in [-0.39, 0.29) is 5.78 Å². The van der Waals surface area contributed by atoms with Crippen LogP contribution in [0.5, 0.6) is 0 Å². The second kappa shape index (κ2) is 8.56. The lowest BCUT2D eigenvalue weighted by molar-refractivity contribution is -0.137. The smallest absolute Gasteiger partial charge is 0.380 e. The Morgan fingerprint density at radius 2 is 1.75 bits per heavy atom. The maximum absolute atomic E-state index is 12.7. The monoisotopic (exact) mass is 404 g/mol. The van der Waals surface area contributed by atoms with Gasteiger partial charge in [-0.1, -0.05) is 19.1 Å². The lowest BCUT2D eigenvalue weighted by atomic mass is 10.1. The lowest BCUT2D eigenvalue weighted by Crippen LogP contribution is -2.03. The fraction of sp³-hybridized carbons (Fsp3) is 0.238. The van der Waals surface area contributed by atoms with Gasteiger partial charge in [0.1, 0.15) is 5.01 Å². The van der Waals surface area contributed by atoms with Crippen LogP contribution in [0.25, 0.3) is 10.6 Å². The number of hydrogen-bond donors (Lipinski definition) is 1. The highest BCUT2D eigenvalue weighted by atomic mass is 32.1.